The molecule has 2 nitrogen and oxygen atoms in total. The molecule has 0 saturated carbocycles. The van der Waals surface area contributed by atoms with E-state index in [0.29, 0.717) is 0 Å². The van der Waals surface area contributed by atoms with Gasteiger partial charge in [-0.15, -0.1) is 0 Å². The molecule has 1 atom stereocenters. The number of nitrogens with one attached hydrogen (secondary N) is 1. The van der Waals surface area contributed by atoms with Gasteiger partial charge in [0.1, 0.15) is 0 Å². The first-order valence-electron chi connectivity index (χ1n) is 9.77. The van der Waals surface area contributed by atoms with Gasteiger partial charge in [-0.3, -0.25) is 4.57 Å². The largest absolute Gasteiger partial charge is 0.296 e. The maximum atomic E-state index is 14.5. The molecule has 4 aromatic rings. The molecule has 0 saturated heterocycles. The van der Waals surface area contributed by atoms with Gasteiger partial charge >= 0.3 is 0 Å². The first-order chi connectivity index (χ1) is 14.2. The van der Waals surface area contributed by atoms with Gasteiger partial charge < -0.3 is 0 Å². The standard InChI is InChI=1S/C26H24NOP/c1-21-17-19-23(20-18-21)26(22-11-5-2-6-12-22)27-29(28,24-13-7-3-8-14-24)25-15-9-4-10-16-25/h2-20,26H,1H3,(H,27,28)/t26-/m1/s1. The summed E-state index contributed by atoms with van der Waals surface area (Å²) in [5.41, 5.74) is 3.38. The molecule has 0 spiro atoms. The summed E-state index contributed by atoms with van der Waals surface area (Å²) in [4.78, 5) is 0. The molecule has 29 heavy (non-hydrogen) atoms. The van der Waals surface area contributed by atoms with Gasteiger partial charge in [0.2, 0.25) is 7.29 Å². The van der Waals surface area contributed by atoms with Crippen molar-refractivity contribution in [3.05, 3.63) is 132 Å². The van der Waals surface area contributed by atoms with Crippen LogP contribution in [0.3, 0.4) is 0 Å². The van der Waals surface area contributed by atoms with Crippen LogP contribution in [0.2, 0.25) is 0 Å². The fourth-order valence-electron chi connectivity index (χ4n) is 3.50. The van der Waals surface area contributed by atoms with Crippen LogP contribution in [0, 0.1) is 6.92 Å². The van der Waals surface area contributed by atoms with Crippen molar-refractivity contribution in [3.63, 3.8) is 0 Å². The molecule has 144 valence electrons. The van der Waals surface area contributed by atoms with Gasteiger partial charge in [-0.1, -0.05) is 96.6 Å². The van der Waals surface area contributed by atoms with Crippen molar-refractivity contribution in [2.75, 3.05) is 0 Å². The molecular formula is C26H24NOP. The lowest BCUT2D eigenvalue weighted by atomic mass is 9.99. The molecule has 4 aromatic carbocycles. The van der Waals surface area contributed by atoms with E-state index in [1.165, 1.54) is 5.56 Å². The second-order valence-electron chi connectivity index (χ2n) is 7.16. The molecule has 0 fully saturated rings. The maximum absolute atomic E-state index is 14.5. The number of hydrogen-bond acceptors (Lipinski definition) is 1. The smallest absolute Gasteiger partial charge is 0.205 e. The second-order valence-corrected chi connectivity index (χ2v) is 9.67. The summed E-state index contributed by atoms with van der Waals surface area (Å²) < 4.78 is 14.5. The quantitative estimate of drug-likeness (QED) is 0.429. The van der Waals surface area contributed by atoms with Crippen molar-refractivity contribution in [1.29, 1.82) is 0 Å². The maximum Gasteiger partial charge on any atom is 0.205 e. The minimum Gasteiger partial charge on any atom is -0.296 e. The minimum absolute atomic E-state index is 0.192. The Morgan fingerprint density at radius 1 is 0.586 bits per heavy atom. The SMILES string of the molecule is Cc1ccc([C@H](NP(=O)(c2ccccc2)c2ccccc2)c2ccccc2)cc1. The van der Waals surface area contributed by atoms with Crippen LogP contribution in [0.25, 0.3) is 0 Å². The van der Waals surface area contributed by atoms with Crippen LogP contribution in [0.4, 0.5) is 0 Å². The van der Waals surface area contributed by atoms with E-state index >= 15 is 0 Å². The lowest BCUT2D eigenvalue weighted by Gasteiger charge is -2.28. The van der Waals surface area contributed by atoms with Gasteiger partial charge in [0, 0.05) is 10.6 Å². The van der Waals surface area contributed by atoms with Gasteiger partial charge in [-0.25, -0.2) is 5.09 Å². The predicted octanol–water partition coefficient (Wildman–Crippen LogP) is 5.60. The van der Waals surface area contributed by atoms with E-state index in [1.807, 2.05) is 78.9 Å². The fraction of sp³-hybridized carbons (Fsp3) is 0.0769. The van der Waals surface area contributed by atoms with Gasteiger partial charge in [0.25, 0.3) is 0 Å². The zero-order valence-corrected chi connectivity index (χ0v) is 17.3. The lowest BCUT2D eigenvalue weighted by Crippen LogP contribution is -2.31. The third-order valence-corrected chi connectivity index (χ3v) is 7.77. The van der Waals surface area contributed by atoms with Crippen LogP contribution in [0.1, 0.15) is 22.7 Å². The van der Waals surface area contributed by atoms with E-state index in [4.69, 9.17) is 0 Å². The van der Waals surface area contributed by atoms with E-state index in [0.717, 1.165) is 21.7 Å². The lowest BCUT2D eigenvalue weighted by molar-refractivity contribution is 0.572. The first-order valence-corrected chi connectivity index (χ1v) is 11.5. The van der Waals surface area contributed by atoms with Gasteiger partial charge in [-0.2, -0.15) is 0 Å². The Kier molecular flexibility index (Phi) is 5.76. The van der Waals surface area contributed by atoms with Crippen molar-refractivity contribution in [2.24, 2.45) is 0 Å². The second kappa shape index (κ2) is 8.61. The third-order valence-electron chi connectivity index (χ3n) is 5.09. The summed E-state index contributed by atoms with van der Waals surface area (Å²) in [6.07, 6.45) is 0. The number of aryl methyl sites for hydroxylation is 1. The molecule has 1 N–H and O–H groups in total. The monoisotopic (exact) mass is 397 g/mol. The fourth-order valence-corrected chi connectivity index (χ4v) is 5.94. The molecule has 3 heteroatoms. The highest BCUT2D eigenvalue weighted by Crippen LogP contribution is 2.43. The van der Waals surface area contributed by atoms with Crippen LogP contribution < -0.4 is 15.7 Å². The van der Waals surface area contributed by atoms with Crippen LogP contribution in [-0.4, -0.2) is 0 Å². The van der Waals surface area contributed by atoms with E-state index in [1.54, 1.807) is 0 Å². The number of rotatable bonds is 6. The average molecular weight is 397 g/mol. The molecule has 0 heterocycles. The molecular weight excluding hydrogens is 373 g/mol. The highest BCUT2D eigenvalue weighted by Gasteiger charge is 2.31. The molecule has 0 amide bonds. The van der Waals surface area contributed by atoms with Gasteiger partial charge in [-0.05, 0) is 42.3 Å². The molecule has 0 radical (unpaired) electrons. The number of hydrogen-bond donors (Lipinski definition) is 1. The van der Waals surface area contributed by atoms with Crippen molar-refractivity contribution in [1.82, 2.24) is 5.09 Å². The summed E-state index contributed by atoms with van der Waals surface area (Å²) in [5, 5.41) is 5.18. The van der Waals surface area contributed by atoms with E-state index in [2.05, 4.69) is 48.4 Å². The molecule has 0 aromatic heterocycles. The van der Waals surface area contributed by atoms with Crippen LogP contribution in [0.5, 0.6) is 0 Å². The zero-order chi connectivity index (χ0) is 20.1. The molecule has 0 aliphatic heterocycles. The van der Waals surface area contributed by atoms with Gasteiger partial charge in [0.05, 0.1) is 6.04 Å². The Labute approximate surface area is 172 Å². The summed E-state index contributed by atoms with van der Waals surface area (Å²) in [6.45, 7) is 2.08. The Bertz CT molecular complexity index is 1050. The van der Waals surface area contributed by atoms with Crippen LogP contribution in [0.15, 0.2) is 115 Å². The van der Waals surface area contributed by atoms with Crippen LogP contribution in [-0.2, 0) is 4.57 Å². The van der Waals surface area contributed by atoms with Crippen molar-refractivity contribution in [2.45, 2.75) is 13.0 Å². The van der Waals surface area contributed by atoms with Gasteiger partial charge in [0.15, 0.2) is 0 Å². The molecule has 0 bridgehead atoms. The summed E-state index contributed by atoms with van der Waals surface area (Å²) in [5.74, 6) is 0. The predicted molar refractivity (Wildman–Crippen MR) is 122 cm³/mol. The molecule has 0 aliphatic carbocycles. The topological polar surface area (TPSA) is 29.1 Å². The highest BCUT2D eigenvalue weighted by atomic mass is 31.2. The van der Waals surface area contributed by atoms with Crippen molar-refractivity contribution < 1.29 is 4.57 Å². The Balaban J connectivity index is 1.85. The Morgan fingerprint density at radius 3 is 1.48 bits per heavy atom. The van der Waals surface area contributed by atoms with E-state index in [-0.39, 0.29) is 6.04 Å². The normalized spacial score (nSPS) is 12.4. The van der Waals surface area contributed by atoms with Crippen LogP contribution >= 0.6 is 7.29 Å². The Hall–Kier alpha value is -2.93. The minimum atomic E-state index is -3.07. The summed E-state index contributed by atoms with van der Waals surface area (Å²) in [6, 6.07) is 37.9. The Morgan fingerprint density at radius 2 is 1.00 bits per heavy atom. The average Bonchev–Trinajstić information content (AvgIpc) is 2.80. The van der Waals surface area contributed by atoms with E-state index < -0.39 is 7.29 Å². The summed E-state index contributed by atoms with van der Waals surface area (Å²) >= 11 is 0. The molecule has 0 unspecified atom stereocenters. The highest BCUT2D eigenvalue weighted by molar-refractivity contribution is 7.76. The summed E-state index contributed by atoms with van der Waals surface area (Å²) in [7, 11) is -3.07. The third kappa shape index (κ3) is 4.24. The first kappa shape index (κ1) is 19.4. The number of benzene rings is 4. The molecule has 0 aliphatic rings. The van der Waals surface area contributed by atoms with Crippen molar-refractivity contribution in [3.8, 4) is 0 Å². The van der Waals surface area contributed by atoms with Crippen molar-refractivity contribution >= 4 is 17.9 Å². The van der Waals surface area contributed by atoms with E-state index in [9.17, 15) is 4.57 Å². The zero-order valence-electron chi connectivity index (χ0n) is 16.4. The molecule has 4 rings (SSSR count).